The van der Waals surface area contributed by atoms with Gasteiger partial charge in [0.05, 0.1) is 32.8 Å². The topological polar surface area (TPSA) is 75.3 Å². The van der Waals surface area contributed by atoms with E-state index in [2.05, 4.69) is 10.6 Å². The summed E-state index contributed by atoms with van der Waals surface area (Å²) in [7, 11) is -3.47. The summed E-state index contributed by atoms with van der Waals surface area (Å²) in [4.78, 5) is 13.1. The van der Waals surface area contributed by atoms with Gasteiger partial charge in [0.25, 0.3) is 5.91 Å². The van der Waals surface area contributed by atoms with E-state index in [4.69, 9.17) is 11.6 Å². The van der Waals surface area contributed by atoms with E-state index >= 15 is 0 Å². The summed E-state index contributed by atoms with van der Waals surface area (Å²) in [6, 6.07) is 8.60. The van der Waals surface area contributed by atoms with Gasteiger partial charge >= 0.3 is 6.18 Å². The summed E-state index contributed by atoms with van der Waals surface area (Å²) in [5.41, 5.74) is -0.829. The van der Waals surface area contributed by atoms with Crippen molar-refractivity contribution in [3.05, 3.63) is 64.2 Å². The van der Waals surface area contributed by atoms with E-state index in [1.54, 1.807) is 19.1 Å². The van der Waals surface area contributed by atoms with E-state index in [1.807, 2.05) is 0 Å². The molecule has 2 atom stereocenters. The van der Waals surface area contributed by atoms with Gasteiger partial charge in [-0.1, -0.05) is 43.1 Å². The molecule has 5 nitrogen and oxygen atoms in total. The lowest BCUT2D eigenvalue weighted by Gasteiger charge is -2.32. The Kier molecular flexibility index (Phi) is 7.52. The number of hydrogen-bond acceptors (Lipinski definition) is 4. The first-order chi connectivity index (χ1) is 15.0. The van der Waals surface area contributed by atoms with Gasteiger partial charge in [0.15, 0.2) is 9.84 Å². The maximum atomic E-state index is 13.2. The van der Waals surface area contributed by atoms with Gasteiger partial charge in [0.1, 0.15) is 0 Å². The number of sulfone groups is 1. The molecule has 1 saturated heterocycles. The van der Waals surface area contributed by atoms with Crippen LogP contribution in [0.2, 0.25) is 5.02 Å². The molecule has 1 aliphatic heterocycles. The van der Waals surface area contributed by atoms with E-state index in [0.29, 0.717) is 18.5 Å². The molecule has 0 aromatic heterocycles. The number of halogens is 4. The summed E-state index contributed by atoms with van der Waals surface area (Å²) in [6.07, 6.45) is -2.12. The first kappa shape index (κ1) is 24.5. The molecule has 2 N–H and O–H groups in total. The molecule has 0 saturated carbocycles. The van der Waals surface area contributed by atoms with Crippen molar-refractivity contribution in [3.63, 3.8) is 0 Å². The third-order valence-electron chi connectivity index (χ3n) is 5.54. The molecule has 2 aromatic carbocycles. The number of nitrogens with one attached hydrogen (secondary N) is 2. The third kappa shape index (κ3) is 5.44. The lowest BCUT2D eigenvalue weighted by atomic mass is 9.92. The van der Waals surface area contributed by atoms with Crippen molar-refractivity contribution in [1.82, 2.24) is 10.6 Å². The normalized spacial score (nSPS) is 18.2. The average Bonchev–Trinajstić information content (AvgIpc) is 2.77. The number of rotatable bonds is 6. The standard InChI is InChI=1S/C22H24ClF3N2O3S/c1-2-32(30,31)15-8-5-7-14(13-15)20(18-11-3-4-12-27-18)28-21(29)16-9-6-10-17(19(16)23)22(24,25)26/h5-10,13,18,20,27H,2-4,11-12H2,1H3,(H,28,29)/t18-,20+/m1/s1. The minimum atomic E-state index is -4.69. The van der Waals surface area contributed by atoms with Crippen LogP contribution in [0.5, 0.6) is 0 Å². The Morgan fingerprint density at radius 2 is 1.94 bits per heavy atom. The maximum absolute atomic E-state index is 13.2. The van der Waals surface area contributed by atoms with Gasteiger partial charge in [0.2, 0.25) is 0 Å². The van der Waals surface area contributed by atoms with Crippen LogP contribution in [0.15, 0.2) is 47.4 Å². The van der Waals surface area contributed by atoms with Crippen LogP contribution in [0.4, 0.5) is 13.2 Å². The number of carbonyl (C=O) groups excluding carboxylic acids is 1. The van der Waals surface area contributed by atoms with E-state index in [1.165, 1.54) is 18.2 Å². The molecule has 0 radical (unpaired) electrons. The SMILES string of the molecule is CCS(=O)(=O)c1cccc([C@H](NC(=O)c2cccc(C(F)(F)F)c2Cl)[C@H]2CCCCN2)c1. The van der Waals surface area contributed by atoms with Crippen LogP contribution in [0.3, 0.4) is 0 Å². The van der Waals surface area contributed by atoms with E-state index < -0.39 is 38.5 Å². The summed E-state index contributed by atoms with van der Waals surface area (Å²) in [5.74, 6) is -0.836. The van der Waals surface area contributed by atoms with Crippen LogP contribution >= 0.6 is 11.6 Å². The van der Waals surface area contributed by atoms with E-state index in [0.717, 1.165) is 25.0 Å². The number of benzene rings is 2. The second-order valence-electron chi connectivity index (χ2n) is 7.65. The van der Waals surface area contributed by atoms with E-state index in [-0.39, 0.29) is 22.3 Å². The fourth-order valence-corrected chi connectivity index (χ4v) is 5.05. The maximum Gasteiger partial charge on any atom is 0.417 e. The molecule has 1 aliphatic rings. The van der Waals surface area contributed by atoms with Crippen LogP contribution in [0.1, 0.15) is 53.7 Å². The molecular weight excluding hydrogens is 465 g/mol. The smallest absolute Gasteiger partial charge is 0.344 e. The van der Waals surface area contributed by atoms with Gasteiger partial charge < -0.3 is 10.6 Å². The monoisotopic (exact) mass is 488 g/mol. The van der Waals surface area contributed by atoms with Gasteiger partial charge in [-0.2, -0.15) is 13.2 Å². The number of alkyl halides is 3. The zero-order chi connectivity index (χ0) is 23.5. The summed E-state index contributed by atoms with van der Waals surface area (Å²) in [5, 5.41) is 5.44. The Hall–Kier alpha value is -2.10. The van der Waals surface area contributed by atoms with Crippen LogP contribution in [-0.4, -0.2) is 32.7 Å². The van der Waals surface area contributed by atoms with Crippen LogP contribution in [0, 0.1) is 0 Å². The quantitative estimate of drug-likeness (QED) is 0.614. The highest BCUT2D eigenvalue weighted by atomic mass is 35.5. The molecular formula is C22H24ClF3N2O3S. The molecule has 32 heavy (non-hydrogen) atoms. The second-order valence-corrected chi connectivity index (χ2v) is 10.3. The van der Waals surface area contributed by atoms with Crippen LogP contribution in [-0.2, 0) is 16.0 Å². The van der Waals surface area contributed by atoms with Crippen molar-refractivity contribution in [2.75, 3.05) is 12.3 Å². The van der Waals surface area contributed by atoms with Gasteiger partial charge in [-0.15, -0.1) is 0 Å². The van der Waals surface area contributed by atoms with Gasteiger partial charge in [-0.3, -0.25) is 4.79 Å². The van der Waals surface area contributed by atoms with Gasteiger partial charge in [-0.25, -0.2) is 8.42 Å². The fraction of sp³-hybridized carbons (Fsp3) is 0.409. The first-order valence-electron chi connectivity index (χ1n) is 10.3. The number of piperidine rings is 1. The number of hydrogen-bond donors (Lipinski definition) is 2. The van der Waals surface area contributed by atoms with Crippen LogP contribution in [0.25, 0.3) is 0 Å². The molecule has 174 valence electrons. The predicted molar refractivity (Wildman–Crippen MR) is 116 cm³/mol. The predicted octanol–water partition coefficient (Wildman–Crippen LogP) is 4.77. The van der Waals surface area contributed by atoms with Crippen molar-refractivity contribution in [2.24, 2.45) is 0 Å². The molecule has 1 fully saturated rings. The average molecular weight is 489 g/mol. The zero-order valence-corrected chi connectivity index (χ0v) is 18.9. The minimum absolute atomic E-state index is 0.0744. The zero-order valence-electron chi connectivity index (χ0n) is 17.4. The highest BCUT2D eigenvalue weighted by Crippen LogP contribution is 2.36. The highest BCUT2D eigenvalue weighted by Gasteiger charge is 2.35. The Labute approximate surface area is 190 Å². The molecule has 1 heterocycles. The fourth-order valence-electron chi connectivity index (χ4n) is 3.79. The molecule has 0 aliphatic carbocycles. The Bertz CT molecular complexity index is 1080. The molecule has 0 unspecified atom stereocenters. The highest BCUT2D eigenvalue weighted by molar-refractivity contribution is 7.91. The van der Waals surface area contributed by atoms with Crippen molar-refractivity contribution < 1.29 is 26.4 Å². The molecule has 0 bridgehead atoms. The molecule has 2 aromatic rings. The Balaban J connectivity index is 1.98. The van der Waals surface area contributed by atoms with Gasteiger partial charge in [0, 0.05) is 6.04 Å². The van der Waals surface area contributed by atoms with Crippen molar-refractivity contribution in [3.8, 4) is 0 Å². The lowest BCUT2D eigenvalue weighted by Crippen LogP contribution is -2.46. The minimum Gasteiger partial charge on any atom is -0.344 e. The summed E-state index contributed by atoms with van der Waals surface area (Å²) >= 11 is 5.93. The summed E-state index contributed by atoms with van der Waals surface area (Å²) in [6.45, 7) is 2.26. The van der Waals surface area contributed by atoms with Crippen molar-refractivity contribution >= 4 is 27.3 Å². The van der Waals surface area contributed by atoms with Gasteiger partial charge in [-0.05, 0) is 49.2 Å². The van der Waals surface area contributed by atoms with Crippen molar-refractivity contribution in [2.45, 2.75) is 49.3 Å². The molecule has 0 spiro atoms. The second kappa shape index (κ2) is 9.80. The number of amides is 1. The largest absolute Gasteiger partial charge is 0.417 e. The molecule has 3 rings (SSSR count). The molecule has 1 amide bonds. The van der Waals surface area contributed by atoms with E-state index in [9.17, 15) is 26.4 Å². The molecule has 10 heteroatoms. The third-order valence-corrected chi connectivity index (χ3v) is 7.68. The lowest BCUT2D eigenvalue weighted by molar-refractivity contribution is -0.137. The van der Waals surface area contributed by atoms with Crippen LogP contribution < -0.4 is 10.6 Å². The van der Waals surface area contributed by atoms with Crippen molar-refractivity contribution in [1.29, 1.82) is 0 Å². The Morgan fingerprint density at radius 3 is 2.56 bits per heavy atom. The summed E-state index contributed by atoms with van der Waals surface area (Å²) < 4.78 is 64.3. The first-order valence-corrected chi connectivity index (χ1v) is 12.3. The Morgan fingerprint density at radius 1 is 1.22 bits per heavy atom. The number of carbonyl (C=O) groups is 1.